The van der Waals surface area contributed by atoms with E-state index in [2.05, 4.69) is 35.1 Å². The Bertz CT molecular complexity index is 400. The van der Waals surface area contributed by atoms with Gasteiger partial charge in [0.25, 0.3) is 5.91 Å². The number of amides is 1. The van der Waals surface area contributed by atoms with Crippen molar-refractivity contribution in [1.82, 2.24) is 5.32 Å². The molecular weight excluding hydrogens is 292 g/mol. The van der Waals surface area contributed by atoms with Gasteiger partial charge < -0.3 is 11.1 Å². The number of anilines is 1. The number of hydrogen-bond donors (Lipinski definition) is 2. The van der Waals surface area contributed by atoms with Gasteiger partial charge in [0.05, 0.1) is 0 Å². The van der Waals surface area contributed by atoms with E-state index in [1.165, 1.54) is 0 Å². The van der Waals surface area contributed by atoms with Gasteiger partial charge in [0.2, 0.25) is 0 Å². The molecule has 0 aliphatic carbocycles. The number of nitrogen functional groups attached to an aromatic ring is 1. The molecule has 2 unspecified atom stereocenters. The van der Waals surface area contributed by atoms with Crippen LogP contribution in [-0.2, 0) is 0 Å². The molecule has 0 saturated carbocycles. The van der Waals surface area contributed by atoms with Gasteiger partial charge in [-0.25, -0.2) is 0 Å². The fraction of sp³-hybridized carbons (Fsp3) is 0.500. The maximum Gasteiger partial charge on any atom is 0.251 e. The van der Waals surface area contributed by atoms with Crippen LogP contribution in [0.5, 0.6) is 0 Å². The van der Waals surface area contributed by atoms with Crippen LogP contribution in [0, 0.1) is 5.92 Å². The number of benzene rings is 1. The summed E-state index contributed by atoms with van der Waals surface area (Å²) >= 11 is 3.34. The summed E-state index contributed by atoms with van der Waals surface area (Å²) < 4.78 is 0.822. The van der Waals surface area contributed by atoms with Crippen LogP contribution in [-0.4, -0.2) is 11.9 Å². The van der Waals surface area contributed by atoms with Gasteiger partial charge in [0.15, 0.2) is 0 Å². The molecule has 18 heavy (non-hydrogen) atoms. The second-order valence-corrected chi connectivity index (χ2v) is 5.81. The lowest BCUT2D eigenvalue weighted by atomic mass is 10.00. The summed E-state index contributed by atoms with van der Waals surface area (Å²) in [5.41, 5.74) is 6.90. The second kappa shape index (κ2) is 6.78. The van der Waals surface area contributed by atoms with Gasteiger partial charge in [-0.2, -0.15) is 0 Å². The molecule has 0 aliphatic rings. The van der Waals surface area contributed by atoms with Crippen molar-refractivity contribution in [2.45, 2.75) is 39.7 Å². The summed E-state index contributed by atoms with van der Waals surface area (Å²) in [5.74, 6) is 0.548. The number of nitrogens with two attached hydrogens (primary N) is 1. The highest BCUT2D eigenvalue weighted by molar-refractivity contribution is 9.10. The first kappa shape index (κ1) is 15.0. The van der Waals surface area contributed by atoms with Gasteiger partial charge in [-0.15, -0.1) is 0 Å². The van der Waals surface area contributed by atoms with Gasteiger partial charge in [-0.3, -0.25) is 4.79 Å². The number of hydrogen-bond acceptors (Lipinski definition) is 2. The van der Waals surface area contributed by atoms with Crippen LogP contribution in [0.2, 0.25) is 0 Å². The van der Waals surface area contributed by atoms with Crippen LogP contribution in [0.25, 0.3) is 0 Å². The van der Waals surface area contributed by atoms with E-state index in [1.807, 2.05) is 6.92 Å². The van der Waals surface area contributed by atoms with Crippen molar-refractivity contribution in [1.29, 1.82) is 0 Å². The zero-order chi connectivity index (χ0) is 13.7. The average Bonchev–Trinajstić information content (AvgIpc) is 2.27. The molecule has 3 N–H and O–H groups in total. The monoisotopic (exact) mass is 312 g/mol. The Labute approximate surface area is 117 Å². The zero-order valence-corrected chi connectivity index (χ0v) is 12.8. The summed E-state index contributed by atoms with van der Waals surface area (Å²) in [5, 5.41) is 3.00. The lowest BCUT2D eigenvalue weighted by Crippen LogP contribution is -2.33. The Hall–Kier alpha value is -1.03. The van der Waals surface area contributed by atoms with E-state index in [1.54, 1.807) is 18.2 Å². The molecule has 0 aliphatic heterocycles. The minimum Gasteiger partial charge on any atom is -0.399 e. The highest BCUT2D eigenvalue weighted by atomic mass is 79.9. The normalized spacial score (nSPS) is 14.0. The number of carbonyl (C=O) groups excluding carboxylic acids is 1. The summed E-state index contributed by atoms with van der Waals surface area (Å²) in [6, 6.07) is 5.42. The summed E-state index contributed by atoms with van der Waals surface area (Å²) in [4.78, 5) is 12.0. The van der Waals surface area contributed by atoms with E-state index < -0.39 is 0 Å². The van der Waals surface area contributed by atoms with E-state index in [4.69, 9.17) is 5.73 Å². The zero-order valence-electron chi connectivity index (χ0n) is 11.2. The number of halogens is 1. The predicted molar refractivity (Wildman–Crippen MR) is 79.6 cm³/mol. The Morgan fingerprint density at radius 2 is 2.06 bits per heavy atom. The van der Waals surface area contributed by atoms with Gasteiger partial charge in [-0.1, -0.05) is 36.2 Å². The lowest BCUT2D eigenvalue weighted by molar-refractivity contribution is 0.0935. The fourth-order valence-electron chi connectivity index (χ4n) is 1.88. The molecule has 100 valence electrons. The second-order valence-electron chi connectivity index (χ2n) is 4.90. The van der Waals surface area contributed by atoms with Crippen molar-refractivity contribution < 1.29 is 4.79 Å². The third-order valence-corrected chi connectivity index (χ3v) is 3.47. The van der Waals surface area contributed by atoms with Crippen molar-refractivity contribution >= 4 is 27.5 Å². The average molecular weight is 313 g/mol. The molecule has 1 aromatic rings. The van der Waals surface area contributed by atoms with Crippen molar-refractivity contribution in [2.24, 2.45) is 5.92 Å². The van der Waals surface area contributed by atoms with Crippen LogP contribution in [0.3, 0.4) is 0 Å². The molecule has 0 saturated heterocycles. The molecular formula is C14H21BrN2O. The smallest absolute Gasteiger partial charge is 0.251 e. The first-order valence-corrected chi connectivity index (χ1v) is 7.08. The number of nitrogens with one attached hydrogen (secondary N) is 1. The van der Waals surface area contributed by atoms with Crippen LogP contribution in [0.1, 0.15) is 44.0 Å². The molecule has 3 nitrogen and oxygen atoms in total. The van der Waals surface area contributed by atoms with Gasteiger partial charge in [0.1, 0.15) is 0 Å². The molecule has 0 fully saturated rings. The van der Waals surface area contributed by atoms with Crippen LogP contribution in [0.15, 0.2) is 22.7 Å². The Morgan fingerprint density at radius 1 is 1.39 bits per heavy atom. The molecule has 0 spiro atoms. The molecule has 0 radical (unpaired) electrons. The first-order chi connectivity index (χ1) is 8.42. The minimum atomic E-state index is -0.0706. The highest BCUT2D eigenvalue weighted by Gasteiger charge is 2.12. The van der Waals surface area contributed by atoms with Crippen LogP contribution in [0.4, 0.5) is 5.69 Å². The van der Waals surface area contributed by atoms with E-state index in [9.17, 15) is 4.79 Å². The lowest BCUT2D eigenvalue weighted by Gasteiger charge is -2.17. The molecule has 1 amide bonds. The number of carbonyl (C=O) groups is 1. The topological polar surface area (TPSA) is 55.1 Å². The Morgan fingerprint density at radius 3 is 2.61 bits per heavy atom. The molecule has 2 atom stereocenters. The van der Waals surface area contributed by atoms with Gasteiger partial charge in [-0.05, 0) is 37.5 Å². The van der Waals surface area contributed by atoms with Gasteiger partial charge >= 0.3 is 0 Å². The predicted octanol–water partition coefficient (Wildman–Crippen LogP) is 3.59. The Balaban J connectivity index is 2.64. The third kappa shape index (κ3) is 4.69. The van der Waals surface area contributed by atoms with Crippen LogP contribution >= 0.6 is 15.9 Å². The van der Waals surface area contributed by atoms with Crippen molar-refractivity contribution in [3.05, 3.63) is 28.2 Å². The largest absolute Gasteiger partial charge is 0.399 e. The van der Waals surface area contributed by atoms with Crippen molar-refractivity contribution in [3.63, 3.8) is 0 Å². The quantitative estimate of drug-likeness (QED) is 0.816. The summed E-state index contributed by atoms with van der Waals surface area (Å²) in [6.45, 7) is 6.39. The molecule has 0 aromatic heterocycles. The van der Waals surface area contributed by atoms with E-state index in [0.29, 0.717) is 17.2 Å². The Kier molecular flexibility index (Phi) is 5.66. The minimum absolute atomic E-state index is 0.0706. The van der Waals surface area contributed by atoms with Crippen molar-refractivity contribution in [2.75, 3.05) is 5.73 Å². The first-order valence-electron chi connectivity index (χ1n) is 6.29. The van der Waals surface area contributed by atoms with Gasteiger partial charge in [0, 0.05) is 21.8 Å². The van der Waals surface area contributed by atoms with E-state index >= 15 is 0 Å². The number of rotatable bonds is 5. The SMILES string of the molecule is CCC(C)CC(C)NC(=O)c1cc(N)cc(Br)c1. The standard InChI is InChI=1S/C14H21BrN2O/c1-4-9(2)5-10(3)17-14(18)11-6-12(15)8-13(16)7-11/h6-10H,4-5,16H2,1-3H3,(H,17,18). The van der Waals surface area contributed by atoms with Crippen LogP contribution < -0.4 is 11.1 Å². The van der Waals surface area contributed by atoms with Crippen molar-refractivity contribution in [3.8, 4) is 0 Å². The summed E-state index contributed by atoms with van der Waals surface area (Å²) in [6.07, 6.45) is 2.12. The fourth-order valence-corrected chi connectivity index (χ4v) is 2.39. The molecule has 0 bridgehead atoms. The maximum absolute atomic E-state index is 12.0. The molecule has 0 heterocycles. The molecule has 1 aromatic carbocycles. The van der Waals surface area contributed by atoms with E-state index in [-0.39, 0.29) is 11.9 Å². The molecule has 1 rings (SSSR count). The maximum atomic E-state index is 12.0. The highest BCUT2D eigenvalue weighted by Crippen LogP contribution is 2.17. The molecule has 4 heteroatoms. The summed E-state index contributed by atoms with van der Waals surface area (Å²) in [7, 11) is 0. The van der Waals surface area contributed by atoms with E-state index in [0.717, 1.165) is 17.3 Å². The third-order valence-electron chi connectivity index (χ3n) is 3.01.